The van der Waals surface area contributed by atoms with Crippen molar-refractivity contribution in [1.29, 1.82) is 0 Å². The smallest absolute Gasteiger partial charge is 0.207 e. The Morgan fingerprint density at radius 1 is 1.10 bits per heavy atom. The van der Waals surface area contributed by atoms with Gasteiger partial charge in [-0.1, -0.05) is 41.5 Å². The summed E-state index contributed by atoms with van der Waals surface area (Å²) in [6.45, 7) is 12.5. The van der Waals surface area contributed by atoms with Crippen LogP contribution in [0.4, 0.5) is 0 Å². The first-order valence-electron chi connectivity index (χ1n) is 7.57. The van der Waals surface area contributed by atoms with Gasteiger partial charge in [-0.15, -0.1) is 5.16 Å². The third-order valence-electron chi connectivity index (χ3n) is 3.94. The van der Waals surface area contributed by atoms with Crippen molar-refractivity contribution >= 4 is 13.6 Å². The van der Waals surface area contributed by atoms with E-state index in [4.69, 9.17) is 5.21 Å². The molecular formula is C15H32NO3P. The molecule has 1 atom stereocenters. The molecule has 0 aromatic carbocycles. The van der Waals surface area contributed by atoms with Gasteiger partial charge in [0.25, 0.3) is 0 Å². The van der Waals surface area contributed by atoms with Gasteiger partial charge in [-0.05, 0) is 37.0 Å². The lowest BCUT2D eigenvalue weighted by Crippen LogP contribution is -2.39. The van der Waals surface area contributed by atoms with Crippen molar-refractivity contribution in [2.75, 3.05) is 6.16 Å². The average molecular weight is 305 g/mol. The van der Waals surface area contributed by atoms with Crippen molar-refractivity contribution in [2.45, 2.75) is 66.0 Å². The fourth-order valence-corrected chi connectivity index (χ4v) is 6.19. The fourth-order valence-electron chi connectivity index (χ4n) is 3.17. The first-order chi connectivity index (χ1) is 9.09. The standard InChI is InChI=1S/C15H32NO3P/c1-12(2)10-15(14(5)6,11-13(3)4)20(18,19)9-7-8-16-17/h8,12-14,17H,7,9-11H2,1-6H3,(H,18,19). The number of hydrogen-bond donors (Lipinski definition) is 2. The maximum atomic E-state index is 13.0. The molecule has 120 valence electrons. The Kier molecular flexibility index (Phi) is 8.05. The van der Waals surface area contributed by atoms with E-state index in [1.165, 1.54) is 6.21 Å². The Bertz CT molecular complexity index is 341. The highest BCUT2D eigenvalue weighted by atomic mass is 31.2. The molecular weight excluding hydrogens is 273 g/mol. The maximum Gasteiger partial charge on any atom is 0.207 e. The Hall–Kier alpha value is -0.340. The molecule has 5 heteroatoms. The van der Waals surface area contributed by atoms with Crippen LogP contribution in [0.3, 0.4) is 0 Å². The van der Waals surface area contributed by atoms with Gasteiger partial charge in [0.2, 0.25) is 7.37 Å². The topological polar surface area (TPSA) is 69.9 Å². The van der Waals surface area contributed by atoms with Crippen molar-refractivity contribution in [3.63, 3.8) is 0 Å². The fraction of sp³-hybridized carbons (Fsp3) is 0.933. The molecule has 0 rings (SSSR count). The second-order valence-corrected chi connectivity index (χ2v) is 9.71. The van der Waals surface area contributed by atoms with Crippen LogP contribution in [0.5, 0.6) is 0 Å². The molecule has 0 saturated heterocycles. The Morgan fingerprint density at radius 3 is 1.85 bits per heavy atom. The summed E-state index contributed by atoms with van der Waals surface area (Å²) in [5.41, 5.74) is 0. The maximum absolute atomic E-state index is 13.0. The molecule has 0 radical (unpaired) electrons. The summed E-state index contributed by atoms with van der Waals surface area (Å²) in [4.78, 5) is 10.7. The molecule has 0 spiro atoms. The molecule has 0 heterocycles. The normalized spacial score (nSPS) is 16.5. The molecule has 0 bridgehead atoms. The molecule has 0 amide bonds. The second-order valence-electron chi connectivity index (χ2n) is 6.97. The van der Waals surface area contributed by atoms with Gasteiger partial charge in [-0.25, -0.2) is 0 Å². The monoisotopic (exact) mass is 305 g/mol. The number of oxime groups is 1. The molecule has 20 heavy (non-hydrogen) atoms. The van der Waals surface area contributed by atoms with Gasteiger partial charge < -0.3 is 10.1 Å². The molecule has 0 saturated carbocycles. The van der Waals surface area contributed by atoms with E-state index in [9.17, 15) is 9.46 Å². The van der Waals surface area contributed by atoms with E-state index in [-0.39, 0.29) is 12.1 Å². The Balaban J connectivity index is 5.49. The zero-order chi connectivity index (χ0) is 16.0. The SMILES string of the molecule is CC(C)CC(CC(C)C)(C(C)C)P(=O)(O)CCC=NO. The first-order valence-corrected chi connectivity index (χ1v) is 9.41. The minimum absolute atomic E-state index is 0.147. The second kappa shape index (κ2) is 8.19. The Labute approximate surface area is 124 Å². The van der Waals surface area contributed by atoms with Crippen LogP contribution in [0, 0.1) is 17.8 Å². The summed E-state index contributed by atoms with van der Waals surface area (Å²) >= 11 is 0. The first kappa shape index (κ1) is 19.7. The van der Waals surface area contributed by atoms with Crippen LogP contribution in [0.15, 0.2) is 5.16 Å². The van der Waals surface area contributed by atoms with Gasteiger partial charge in [-0.2, -0.15) is 0 Å². The molecule has 4 nitrogen and oxygen atoms in total. The van der Waals surface area contributed by atoms with E-state index in [0.717, 1.165) is 12.8 Å². The lowest BCUT2D eigenvalue weighted by molar-refractivity contribution is 0.264. The molecule has 0 aromatic heterocycles. The molecule has 0 aliphatic heterocycles. The van der Waals surface area contributed by atoms with Gasteiger partial charge in [0.05, 0.1) is 0 Å². The van der Waals surface area contributed by atoms with Gasteiger partial charge in [0, 0.05) is 17.5 Å². The molecule has 0 aromatic rings. The number of nitrogens with zero attached hydrogens (tertiary/aromatic N) is 1. The van der Waals surface area contributed by atoms with E-state index in [1.807, 2.05) is 13.8 Å². The minimum atomic E-state index is -3.33. The number of hydrogen-bond acceptors (Lipinski definition) is 3. The summed E-state index contributed by atoms with van der Waals surface area (Å²) in [5, 5.41) is 10.9. The van der Waals surface area contributed by atoms with E-state index >= 15 is 0 Å². The van der Waals surface area contributed by atoms with Crippen molar-refractivity contribution < 1.29 is 14.7 Å². The lowest BCUT2D eigenvalue weighted by atomic mass is 9.80. The minimum Gasteiger partial charge on any atom is -0.411 e. The van der Waals surface area contributed by atoms with Crippen LogP contribution >= 0.6 is 7.37 Å². The van der Waals surface area contributed by atoms with E-state index in [2.05, 4.69) is 32.9 Å². The quantitative estimate of drug-likeness (QED) is 0.283. The molecule has 1 unspecified atom stereocenters. The van der Waals surface area contributed by atoms with Crippen LogP contribution in [0.2, 0.25) is 0 Å². The van der Waals surface area contributed by atoms with Crippen molar-refractivity contribution in [3.05, 3.63) is 0 Å². The number of rotatable bonds is 9. The molecule has 0 aliphatic rings. The van der Waals surface area contributed by atoms with Crippen molar-refractivity contribution in [3.8, 4) is 0 Å². The zero-order valence-electron chi connectivity index (χ0n) is 13.8. The van der Waals surface area contributed by atoms with Gasteiger partial charge in [0.1, 0.15) is 0 Å². The lowest BCUT2D eigenvalue weighted by Gasteiger charge is -2.43. The average Bonchev–Trinajstić information content (AvgIpc) is 2.26. The molecule has 0 fully saturated rings. The third kappa shape index (κ3) is 5.21. The predicted molar refractivity (Wildman–Crippen MR) is 86.1 cm³/mol. The third-order valence-corrected chi connectivity index (χ3v) is 7.07. The van der Waals surface area contributed by atoms with E-state index in [1.54, 1.807) is 0 Å². The van der Waals surface area contributed by atoms with Crippen LogP contribution in [-0.2, 0) is 4.57 Å². The highest BCUT2D eigenvalue weighted by Crippen LogP contribution is 2.63. The zero-order valence-corrected chi connectivity index (χ0v) is 14.7. The van der Waals surface area contributed by atoms with E-state index in [0.29, 0.717) is 18.3 Å². The van der Waals surface area contributed by atoms with Crippen LogP contribution in [0.25, 0.3) is 0 Å². The van der Waals surface area contributed by atoms with Crippen LogP contribution < -0.4 is 0 Å². The summed E-state index contributed by atoms with van der Waals surface area (Å²) in [5.74, 6) is 0.903. The van der Waals surface area contributed by atoms with Crippen LogP contribution in [-0.4, -0.2) is 27.6 Å². The summed E-state index contributed by atoms with van der Waals surface area (Å²) < 4.78 is 13.0. The van der Waals surface area contributed by atoms with Crippen LogP contribution in [0.1, 0.15) is 60.8 Å². The van der Waals surface area contributed by atoms with Gasteiger partial charge in [0.15, 0.2) is 0 Å². The highest BCUT2D eigenvalue weighted by molar-refractivity contribution is 7.59. The molecule has 0 aliphatic carbocycles. The molecule has 2 N–H and O–H groups in total. The van der Waals surface area contributed by atoms with Gasteiger partial charge >= 0.3 is 0 Å². The van der Waals surface area contributed by atoms with E-state index < -0.39 is 12.5 Å². The van der Waals surface area contributed by atoms with Crippen molar-refractivity contribution in [2.24, 2.45) is 22.9 Å². The summed E-state index contributed by atoms with van der Waals surface area (Å²) in [6, 6.07) is 0. The highest BCUT2D eigenvalue weighted by Gasteiger charge is 2.49. The van der Waals surface area contributed by atoms with Crippen molar-refractivity contribution in [1.82, 2.24) is 0 Å². The van der Waals surface area contributed by atoms with Gasteiger partial charge in [-0.3, -0.25) is 4.57 Å². The summed E-state index contributed by atoms with van der Waals surface area (Å²) in [7, 11) is -3.33. The Morgan fingerprint density at radius 2 is 1.55 bits per heavy atom. The summed E-state index contributed by atoms with van der Waals surface area (Å²) in [6.07, 6.45) is 3.35. The largest absolute Gasteiger partial charge is 0.411 e. The predicted octanol–water partition coefficient (Wildman–Crippen LogP) is 4.59.